The first-order chi connectivity index (χ1) is 16.8. The highest BCUT2D eigenvalue weighted by Gasteiger charge is 2.28. The molecule has 0 bridgehead atoms. The van der Waals surface area contributed by atoms with Crippen molar-refractivity contribution < 1.29 is 14.3 Å². The molecule has 0 unspecified atom stereocenters. The smallest absolute Gasteiger partial charge is 0.330 e. The lowest BCUT2D eigenvalue weighted by atomic mass is 10.2. The summed E-state index contributed by atoms with van der Waals surface area (Å²) in [4.78, 5) is 60.4. The summed E-state index contributed by atoms with van der Waals surface area (Å²) in [5, 5.41) is 0. The zero-order valence-corrected chi connectivity index (χ0v) is 21.0. The summed E-state index contributed by atoms with van der Waals surface area (Å²) in [6.07, 6.45) is 3.71. The van der Waals surface area contributed by atoms with Gasteiger partial charge in [-0.05, 0) is 19.3 Å². The molecular formula is C23H39N7O5. The number of anilines is 2. The van der Waals surface area contributed by atoms with Crippen molar-refractivity contribution in [3.8, 4) is 0 Å². The van der Waals surface area contributed by atoms with Crippen LogP contribution in [-0.2, 0) is 20.9 Å². The minimum Gasteiger partial charge on any atom is -0.383 e. The second kappa shape index (κ2) is 12.8. The first-order valence-corrected chi connectivity index (χ1v) is 12.5. The van der Waals surface area contributed by atoms with Crippen LogP contribution in [0, 0.1) is 0 Å². The minimum absolute atomic E-state index is 0.0121. The SMILES string of the molecule is CCCCn1c(N)c(N(CCOC)C(=O)CN2CCN(CC(=O)N3CCCC3)CC2)c(=O)[nH]c1=O. The van der Waals surface area contributed by atoms with E-state index in [1.165, 1.54) is 16.6 Å². The normalized spacial score (nSPS) is 17.1. The molecule has 0 aliphatic carbocycles. The van der Waals surface area contributed by atoms with E-state index in [1.807, 2.05) is 16.7 Å². The van der Waals surface area contributed by atoms with Crippen molar-refractivity contribution in [1.82, 2.24) is 24.3 Å². The minimum atomic E-state index is -0.685. The molecule has 0 atom stereocenters. The van der Waals surface area contributed by atoms with Crippen molar-refractivity contribution in [2.24, 2.45) is 0 Å². The van der Waals surface area contributed by atoms with Crippen LogP contribution in [0.15, 0.2) is 9.59 Å². The number of nitrogen functional groups attached to an aromatic ring is 1. The van der Waals surface area contributed by atoms with Gasteiger partial charge in [0.05, 0.1) is 19.7 Å². The summed E-state index contributed by atoms with van der Waals surface area (Å²) in [5.74, 6) is -0.130. The Bertz CT molecular complexity index is 977. The number of piperazine rings is 1. The maximum absolute atomic E-state index is 13.3. The average Bonchev–Trinajstić information content (AvgIpc) is 3.37. The van der Waals surface area contributed by atoms with E-state index < -0.39 is 11.2 Å². The van der Waals surface area contributed by atoms with Crippen molar-refractivity contribution in [3.05, 3.63) is 20.8 Å². The van der Waals surface area contributed by atoms with Gasteiger partial charge in [0.1, 0.15) is 5.82 Å². The van der Waals surface area contributed by atoms with Gasteiger partial charge in [0.15, 0.2) is 5.69 Å². The van der Waals surface area contributed by atoms with Crippen LogP contribution in [0.4, 0.5) is 11.5 Å². The Hall–Kier alpha value is -2.70. The molecule has 2 amide bonds. The molecule has 0 saturated carbocycles. The van der Waals surface area contributed by atoms with E-state index in [-0.39, 0.29) is 43.0 Å². The van der Waals surface area contributed by atoms with Gasteiger partial charge in [-0.2, -0.15) is 0 Å². The van der Waals surface area contributed by atoms with Crippen LogP contribution in [0.1, 0.15) is 32.6 Å². The van der Waals surface area contributed by atoms with Crippen LogP contribution in [0.5, 0.6) is 0 Å². The van der Waals surface area contributed by atoms with Gasteiger partial charge in [0.2, 0.25) is 11.8 Å². The molecule has 12 nitrogen and oxygen atoms in total. The molecule has 1 aromatic heterocycles. The first kappa shape index (κ1) is 26.9. The number of H-pyrrole nitrogens is 1. The highest BCUT2D eigenvalue weighted by molar-refractivity contribution is 5.96. The van der Waals surface area contributed by atoms with E-state index in [1.54, 1.807) is 0 Å². The number of ether oxygens (including phenoxy) is 1. The number of hydrogen-bond acceptors (Lipinski definition) is 8. The number of aromatic nitrogens is 2. The van der Waals surface area contributed by atoms with Gasteiger partial charge < -0.3 is 20.3 Å². The Morgan fingerprint density at radius 1 is 1.03 bits per heavy atom. The predicted octanol–water partition coefficient (Wildman–Crippen LogP) is -0.862. The maximum Gasteiger partial charge on any atom is 0.330 e. The molecule has 35 heavy (non-hydrogen) atoms. The number of rotatable bonds is 11. The first-order valence-electron chi connectivity index (χ1n) is 12.5. The van der Waals surface area contributed by atoms with E-state index in [4.69, 9.17) is 10.5 Å². The van der Waals surface area contributed by atoms with E-state index in [9.17, 15) is 19.2 Å². The summed E-state index contributed by atoms with van der Waals surface area (Å²) in [5.41, 5.74) is 4.96. The van der Waals surface area contributed by atoms with Gasteiger partial charge in [0, 0.05) is 59.5 Å². The number of hydrogen-bond donors (Lipinski definition) is 2. The molecule has 2 aliphatic heterocycles. The predicted molar refractivity (Wildman–Crippen MR) is 134 cm³/mol. The molecule has 2 fully saturated rings. The fraction of sp³-hybridized carbons (Fsp3) is 0.739. The Labute approximate surface area is 205 Å². The van der Waals surface area contributed by atoms with Crippen molar-refractivity contribution >= 4 is 23.3 Å². The average molecular weight is 494 g/mol. The maximum atomic E-state index is 13.3. The monoisotopic (exact) mass is 493 g/mol. The summed E-state index contributed by atoms with van der Waals surface area (Å²) < 4.78 is 6.46. The molecule has 1 aromatic rings. The standard InChI is InChI=1S/C23H39N7O5/c1-3-4-9-30-21(24)20(22(33)25-23(30)34)29(14-15-35-2)19(32)17-27-12-10-26(11-13-27)16-18(31)28-7-5-6-8-28/h3-17,24H2,1-2H3,(H,25,33,34). The van der Waals surface area contributed by atoms with Gasteiger partial charge in [-0.1, -0.05) is 13.3 Å². The molecule has 3 heterocycles. The van der Waals surface area contributed by atoms with Crippen molar-refractivity contribution in [1.29, 1.82) is 0 Å². The molecule has 0 spiro atoms. The number of likely N-dealkylation sites (tertiary alicyclic amines) is 1. The van der Waals surface area contributed by atoms with Gasteiger partial charge in [-0.3, -0.25) is 33.7 Å². The van der Waals surface area contributed by atoms with Crippen LogP contribution in [0.25, 0.3) is 0 Å². The van der Waals surface area contributed by atoms with Crippen molar-refractivity contribution in [2.75, 3.05) is 83.3 Å². The van der Waals surface area contributed by atoms with E-state index in [0.29, 0.717) is 45.7 Å². The summed E-state index contributed by atoms with van der Waals surface area (Å²) >= 11 is 0. The fourth-order valence-corrected chi connectivity index (χ4v) is 4.56. The van der Waals surface area contributed by atoms with Crippen LogP contribution in [-0.4, -0.2) is 109 Å². The highest BCUT2D eigenvalue weighted by Crippen LogP contribution is 2.18. The Morgan fingerprint density at radius 3 is 2.26 bits per heavy atom. The molecular weight excluding hydrogens is 454 g/mol. The van der Waals surface area contributed by atoms with Crippen LogP contribution < -0.4 is 21.9 Å². The van der Waals surface area contributed by atoms with Gasteiger partial charge >= 0.3 is 5.69 Å². The largest absolute Gasteiger partial charge is 0.383 e. The summed E-state index contributed by atoms with van der Waals surface area (Å²) in [6, 6.07) is 0. The third-order valence-electron chi connectivity index (χ3n) is 6.68. The van der Waals surface area contributed by atoms with Gasteiger partial charge in [-0.25, -0.2) is 4.79 Å². The number of carbonyl (C=O) groups is 2. The zero-order chi connectivity index (χ0) is 25.4. The molecule has 0 radical (unpaired) electrons. The van der Waals surface area contributed by atoms with Crippen LogP contribution >= 0.6 is 0 Å². The number of nitrogens with one attached hydrogen (secondary N) is 1. The number of methoxy groups -OCH3 is 1. The highest BCUT2D eigenvalue weighted by atomic mass is 16.5. The Kier molecular flexibility index (Phi) is 9.87. The molecule has 2 saturated heterocycles. The van der Waals surface area contributed by atoms with Crippen LogP contribution in [0.3, 0.4) is 0 Å². The lowest BCUT2D eigenvalue weighted by molar-refractivity contribution is -0.132. The molecule has 3 N–H and O–H groups in total. The number of amides is 2. The molecule has 196 valence electrons. The lowest BCUT2D eigenvalue weighted by Crippen LogP contribution is -2.53. The topological polar surface area (TPSA) is 137 Å². The van der Waals surface area contributed by atoms with Crippen molar-refractivity contribution in [2.45, 2.75) is 39.2 Å². The number of nitrogens with two attached hydrogens (primary N) is 1. The molecule has 12 heteroatoms. The van der Waals surface area contributed by atoms with E-state index in [0.717, 1.165) is 32.4 Å². The van der Waals surface area contributed by atoms with Crippen molar-refractivity contribution in [3.63, 3.8) is 0 Å². The summed E-state index contributed by atoms with van der Waals surface area (Å²) in [7, 11) is 1.51. The van der Waals surface area contributed by atoms with Gasteiger partial charge in [-0.15, -0.1) is 0 Å². The third kappa shape index (κ3) is 6.92. The molecule has 0 aromatic carbocycles. The number of carbonyl (C=O) groups excluding carboxylic acids is 2. The Balaban J connectivity index is 1.66. The number of nitrogens with zero attached hydrogens (tertiary/aromatic N) is 5. The third-order valence-corrected chi connectivity index (χ3v) is 6.68. The zero-order valence-electron chi connectivity index (χ0n) is 21.0. The molecule has 3 rings (SSSR count). The quantitative estimate of drug-likeness (QED) is 0.406. The summed E-state index contributed by atoms with van der Waals surface area (Å²) in [6.45, 7) is 7.56. The molecule has 2 aliphatic rings. The second-order valence-electron chi connectivity index (χ2n) is 9.18. The lowest BCUT2D eigenvalue weighted by Gasteiger charge is -2.35. The van der Waals surface area contributed by atoms with Gasteiger partial charge in [0.25, 0.3) is 5.56 Å². The Morgan fingerprint density at radius 2 is 1.66 bits per heavy atom. The van der Waals surface area contributed by atoms with E-state index >= 15 is 0 Å². The van der Waals surface area contributed by atoms with Crippen LogP contribution in [0.2, 0.25) is 0 Å². The fourth-order valence-electron chi connectivity index (χ4n) is 4.56. The number of unbranched alkanes of at least 4 members (excludes halogenated alkanes) is 1. The number of aromatic amines is 1. The second-order valence-corrected chi connectivity index (χ2v) is 9.18. The van der Waals surface area contributed by atoms with E-state index in [2.05, 4.69) is 9.88 Å².